The number of rotatable bonds is 11. The van der Waals surface area contributed by atoms with Gasteiger partial charge in [-0.05, 0) is 49.1 Å². The molecule has 0 fully saturated rings. The molecule has 0 radical (unpaired) electrons. The van der Waals surface area contributed by atoms with Crippen molar-refractivity contribution in [2.24, 2.45) is 0 Å². The van der Waals surface area contributed by atoms with E-state index in [2.05, 4.69) is 67.7 Å². The van der Waals surface area contributed by atoms with Gasteiger partial charge < -0.3 is 13.4 Å². The normalized spacial score (nSPS) is 14.2. The first-order chi connectivity index (χ1) is 13.5. The molecule has 0 spiro atoms. The van der Waals surface area contributed by atoms with Crippen molar-refractivity contribution in [3.05, 3.63) is 30.3 Å². The summed E-state index contributed by atoms with van der Waals surface area (Å²) in [6.45, 7) is 24.1. The Morgan fingerprint density at radius 2 is 1.10 bits per heavy atom. The molecule has 0 aromatic heterocycles. The van der Waals surface area contributed by atoms with Crippen molar-refractivity contribution in [3.8, 4) is 0 Å². The maximum absolute atomic E-state index is 14.0. The van der Waals surface area contributed by atoms with Crippen molar-refractivity contribution in [3.63, 3.8) is 0 Å². The summed E-state index contributed by atoms with van der Waals surface area (Å²) >= 11 is 0. The van der Waals surface area contributed by atoms with Crippen LogP contribution in [-0.2, 0) is 13.4 Å². The van der Waals surface area contributed by atoms with Crippen LogP contribution in [0.3, 0.4) is 0 Å². The van der Waals surface area contributed by atoms with Gasteiger partial charge in [0.15, 0.2) is 16.6 Å². The summed E-state index contributed by atoms with van der Waals surface area (Å²) in [4.78, 5) is 0. The molecule has 0 unspecified atom stereocenters. The molecular formula is C24H47O3PSi2. The summed E-state index contributed by atoms with van der Waals surface area (Å²) in [5, 5.41) is 1.42. The predicted molar refractivity (Wildman–Crippen MR) is 139 cm³/mol. The lowest BCUT2D eigenvalue weighted by atomic mass is 10.2. The second-order valence-electron chi connectivity index (χ2n) is 11.6. The molecule has 30 heavy (non-hydrogen) atoms. The van der Waals surface area contributed by atoms with Crippen molar-refractivity contribution in [1.82, 2.24) is 0 Å². The number of benzene rings is 1. The lowest BCUT2D eigenvalue weighted by Gasteiger charge is -2.36. The maximum atomic E-state index is 14.0. The second-order valence-corrected chi connectivity index (χ2v) is 24.4. The van der Waals surface area contributed by atoms with E-state index in [9.17, 15) is 4.57 Å². The largest absolute Gasteiger partial charge is 0.417 e. The molecular weight excluding hydrogens is 423 g/mol. The lowest BCUT2D eigenvalue weighted by Crippen LogP contribution is -2.41. The molecule has 0 aliphatic carbocycles. The van der Waals surface area contributed by atoms with Crippen LogP contribution in [0.1, 0.15) is 54.4 Å². The van der Waals surface area contributed by atoms with Gasteiger partial charge in [-0.3, -0.25) is 0 Å². The van der Waals surface area contributed by atoms with Crippen molar-refractivity contribution in [2.75, 3.05) is 25.5 Å². The smallest absolute Gasteiger partial charge is 0.191 e. The summed E-state index contributed by atoms with van der Waals surface area (Å²) in [5.41, 5.74) is 0. The molecule has 6 heteroatoms. The fourth-order valence-corrected chi connectivity index (χ4v) is 7.71. The van der Waals surface area contributed by atoms with Crippen molar-refractivity contribution >= 4 is 29.1 Å². The van der Waals surface area contributed by atoms with Crippen LogP contribution in [0, 0.1) is 0 Å². The Morgan fingerprint density at radius 3 is 1.43 bits per heavy atom. The molecule has 0 heterocycles. The molecule has 1 aromatic carbocycles. The van der Waals surface area contributed by atoms with Crippen molar-refractivity contribution in [2.45, 2.75) is 90.6 Å². The molecule has 1 rings (SSSR count). The molecule has 0 atom stereocenters. The van der Waals surface area contributed by atoms with Gasteiger partial charge in [0.2, 0.25) is 0 Å². The monoisotopic (exact) mass is 470 g/mol. The van der Waals surface area contributed by atoms with Gasteiger partial charge in [0.25, 0.3) is 0 Å². The molecule has 174 valence electrons. The van der Waals surface area contributed by atoms with Crippen LogP contribution in [0.5, 0.6) is 0 Å². The summed E-state index contributed by atoms with van der Waals surface area (Å²) in [6.07, 6.45) is 3.13. The Kier molecular flexibility index (Phi) is 9.85. The average Bonchev–Trinajstić information content (AvgIpc) is 2.61. The third kappa shape index (κ3) is 8.05. The second kappa shape index (κ2) is 10.6. The van der Waals surface area contributed by atoms with Gasteiger partial charge in [-0.1, -0.05) is 71.9 Å². The minimum absolute atomic E-state index is 0.206. The molecule has 1 aromatic rings. The first-order valence-corrected chi connectivity index (χ1v) is 19.3. The highest BCUT2D eigenvalue weighted by molar-refractivity contribution is 7.71. The third-order valence-electron chi connectivity index (χ3n) is 7.09. The van der Waals surface area contributed by atoms with Crippen LogP contribution in [0.25, 0.3) is 0 Å². The minimum Gasteiger partial charge on any atom is -0.417 e. The fraction of sp³-hybridized carbons (Fsp3) is 0.750. The summed E-state index contributed by atoms with van der Waals surface area (Å²) in [7, 11) is -5.96. The quantitative estimate of drug-likeness (QED) is 0.191. The standard InChI is InChI=1S/C24H47O3PSi2/c1-23(2,3)29(7,8)26-18-14-20-28(25,22-16-12-11-13-17-22)21-15-19-27-30(9,10)24(4,5)6/h11-13,16-17H,14-15,18-21H2,1-10H3. The van der Waals surface area contributed by atoms with E-state index < -0.39 is 23.8 Å². The van der Waals surface area contributed by atoms with Gasteiger partial charge in [0.05, 0.1) is 0 Å². The van der Waals surface area contributed by atoms with Crippen molar-refractivity contribution < 1.29 is 13.4 Å². The van der Waals surface area contributed by atoms with Crippen LogP contribution in [0.2, 0.25) is 36.3 Å². The van der Waals surface area contributed by atoms with E-state index in [-0.39, 0.29) is 10.1 Å². The van der Waals surface area contributed by atoms with E-state index in [1.54, 1.807) is 0 Å². The van der Waals surface area contributed by atoms with Gasteiger partial charge in [-0.15, -0.1) is 0 Å². The van der Waals surface area contributed by atoms with E-state index in [4.69, 9.17) is 8.85 Å². The molecule has 0 aliphatic rings. The maximum Gasteiger partial charge on any atom is 0.191 e. The number of hydrogen-bond donors (Lipinski definition) is 0. The highest BCUT2D eigenvalue weighted by Gasteiger charge is 2.38. The Bertz CT molecular complexity index is 651. The number of hydrogen-bond acceptors (Lipinski definition) is 3. The average molecular weight is 471 g/mol. The van der Waals surface area contributed by atoms with Crippen LogP contribution in [0.15, 0.2) is 30.3 Å². The van der Waals surface area contributed by atoms with Crippen LogP contribution >= 0.6 is 7.14 Å². The van der Waals surface area contributed by atoms with E-state index in [1.807, 2.05) is 30.3 Å². The highest BCUT2D eigenvalue weighted by atomic mass is 31.2. The Hall–Kier alpha value is -0.196. The summed E-state index contributed by atoms with van der Waals surface area (Å²) < 4.78 is 26.6. The van der Waals surface area contributed by atoms with E-state index >= 15 is 0 Å². The summed E-state index contributed by atoms with van der Waals surface area (Å²) in [5.74, 6) is 0. The highest BCUT2D eigenvalue weighted by Crippen LogP contribution is 2.46. The van der Waals surface area contributed by atoms with Crippen molar-refractivity contribution in [1.29, 1.82) is 0 Å². The molecule has 3 nitrogen and oxygen atoms in total. The van der Waals surface area contributed by atoms with Gasteiger partial charge in [-0.2, -0.15) is 0 Å². The zero-order valence-electron chi connectivity index (χ0n) is 21.3. The zero-order valence-corrected chi connectivity index (χ0v) is 24.2. The Balaban J connectivity index is 2.71. The van der Waals surface area contributed by atoms with Gasteiger partial charge >= 0.3 is 0 Å². The molecule has 0 aliphatic heterocycles. The zero-order chi connectivity index (χ0) is 23.3. The topological polar surface area (TPSA) is 35.5 Å². The van der Waals surface area contributed by atoms with Crippen LogP contribution in [0.4, 0.5) is 0 Å². The summed E-state index contributed by atoms with van der Waals surface area (Å²) in [6, 6.07) is 10.1. The predicted octanol–water partition coefficient (Wildman–Crippen LogP) is 7.50. The minimum atomic E-state index is -2.45. The molecule has 0 saturated carbocycles. The van der Waals surface area contributed by atoms with E-state index in [1.165, 1.54) is 0 Å². The van der Waals surface area contributed by atoms with Gasteiger partial charge in [0, 0.05) is 30.8 Å². The van der Waals surface area contributed by atoms with Gasteiger partial charge in [0.1, 0.15) is 7.14 Å². The SMILES string of the molecule is CC(C)(C)[Si](C)(C)OCCCP(=O)(CCCO[Si](C)(C)C(C)(C)C)c1ccccc1. The van der Waals surface area contributed by atoms with Crippen LogP contribution < -0.4 is 5.30 Å². The first kappa shape index (κ1) is 27.8. The van der Waals surface area contributed by atoms with Gasteiger partial charge in [-0.25, -0.2) is 0 Å². The van der Waals surface area contributed by atoms with Crippen LogP contribution in [-0.4, -0.2) is 42.2 Å². The Labute approximate surface area is 189 Å². The third-order valence-corrected chi connectivity index (χ3v) is 19.5. The molecule has 0 saturated heterocycles. The lowest BCUT2D eigenvalue weighted by molar-refractivity contribution is 0.286. The molecule has 0 N–H and O–H groups in total. The van der Waals surface area contributed by atoms with E-state index in [0.29, 0.717) is 25.5 Å². The first-order valence-electron chi connectivity index (χ1n) is 11.4. The fourth-order valence-electron chi connectivity index (χ4n) is 2.80. The molecule has 0 amide bonds. The Morgan fingerprint density at radius 1 is 0.733 bits per heavy atom. The van der Waals surface area contributed by atoms with E-state index in [0.717, 1.165) is 18.1 Å². The molecule has 0 bridgehead atoms.